The number of nitrogens with one attached hydrogen (secondary N) is 2. The number of methoxy groups -OCH3 is 1. The highest BCUT2D eigenvalue weighted by Gasteiger charge is 2.23. The van der Waals surface area contributed by atoms with Crippen LogP contribution in [0.15, 0.2) is 61.1 Å². The Morgan fingerprint density at radius 2 is 2.05 bits per heavy atom. The lowest BCUT2D eigenvalue weighted by atomic mass is 10.2. The minimum absolute atomic E-state index is 0.205. The van der Waals surface area contributed by atoms with E-state index in [4.69, 9.17) is 21.1 Å². The van der Waals surface area contributed by atoms with Gasteiger partial charge in [0.1, 0.15) is 18.0 Å². The summed E-state index contributed by atoms with van der Waals surface area (Å²) < 4.78 is 11.7. The monoisotopic (exact) mass is 562 g/mol. The van der Waals surface area contributed by atoms with Crippen LogP contribution in [0.25, 0.3) is 10.9 Å². The molecule has 0 unspecified atom stereocenters. The number of carbonyl (C=O) groups excluding carboxylic acids is 1. The standard InChI is InChI=1S/C29H31ClN6O4/c1-39-25-14-23-24(15-26(25)40-12-4-11-36-10-3-7-22(36)17-37)32-18-33-28(23)34-21-8-9-27(31-16-21)35-29(38)19-5-2-6-20(30)13-19/h2,5-6,8-9,13-16,18,22,37H,3-4,7,10-12,17H2,1H3,(H,31,35,38)(H,32,33,34)/t22-/m0/s1. The molecule has 0 saturated carbocycles. The molecule has 4 aromatic rings. The number of halogens is 1. The lowest BCUT2D eigenvalue weighted by Gasteiger charge is -2.22. The molecule has 40 heavy (non-hydrogen) atoms. The predicted octanol–water partition coefficient (Wildman–Crippen LogP) is 4.91. The Morgan fingerprint density at radius 1 is 1.15 bits per heavy atom. The van der Waals surface area contributed by atoms with Gasteiger partial charge in [0.25, 0.3) is 5.91 Å². The van der Waals surface area contributed by atoms with Gasteiger partial charge in [-0.2, -0.15) is 0 Å². The number of aromatic nitrogens is 3. The summed E-state index contributed by atoms with van der Waals surface area (Å²) in [6.07, 6.45) is 6.11. The van der Waals surface area contributed by atoms with Crippen molar-refractivity contribution in [2.45, 2.75) is 25.3 Å². The van der Waals surface area contributed by atoms with Gasteiger partial charge in [0, 0.05) is 34.6 Å². The second-order valence-electron chi connectivity index (χ2n) is 9.48. The van der Waals surface area contributed by atoms with Crippen molar-refractivity contribution < 1.29 is 19.4 Å². The number of carbonyl (C=O) groups is 1. The number of aliphatic hydroxyl groups is 1. The van der Waals surface area contributed by atoms with Crippen molar-refractivity contribution in [1.82, 2.24) is 19.9 Å². The first-order valence-corrected chi connectivity index (χ1v) is 13.5. The van der Waals surface area contributed by atoms with Gasteiger partial charge in [-0.15, -0.1) is 0 Å². The number of nitrogens with zero attached hydrogens (tertiary/aromatic N) is 4. The average Bonchev–Trinajstić information content (AvgIpc) is 3.43. The maximum absolute atomic E-state index is 12.5. The number of aliphatic hydroxyl groups excluding tert-OH is 1. The van der Waals surface area contributed by atoms with E-state index in [0.717, 1.165) is 37.7 Å². The zero-order valence-electron chi connectivity index (χ0n) is 22.1. The molecule has 3 N–H and O–H groups in total. The number of hydrogen-bond acceptors (Lipinski definition) is 9. The van der Waals surface area contributed by atoms with Crippen LogP contribution in [0.3, 0.4) is 0 Å². The van der Waals surface area contributed by atoms with E-state index in [-0.39, 0.29) is 18.6 Å². The van der Waals surface area contributed by atoms with Gasteiger partial charge in [-0.3, -0.25) is 9.69 Å². The van der Waals surface area contributed by atoms with Crippen LogP contribution in [0.2, 0.25) is 5.02 Å². The van der Waals surface area contributed by atoms with Gasteiger partial charge in [-0.25, -0.2) is 15.0 Å². The van der Waals surface area contributed by atoms with Crippen LogP contribution in [-0.2, 0) is 0 Å². The highest BCUT2D eigenvalue weighted by atomic mass is 35.5. The Labute approximate surface area is 237 Å². The Bertz CT molecular complexity index is 1470. The van der Waals surface area contributed by atoms with Crippen molar-refractivity contribution >= 4 is 45.7 Å². The second kappa shape index (κ2) is 12.9. The molecule has 2 aromatic carbocycles. The summed E-state index contributed by atoms with van der Waals surface area (Å²) in [7, 11) is 1.60. The van der Waals surface area contributed by atoms with Crippen molar-refractivity contribution in [1.29, 1.82) is 0 Å². The van der Waals surface area contributed by atoms with Crippen molar-refractivity contribution in [3.63, 3.8) is 0 Å². The van der Waals surface area contributed by atoms with E-state index >= 15 is 0 Å². The number of anilines is 3. The van der Waals surface area contributed by atoms with Crippen molar-refractivity contribution in [3.05, 3.63) is 71.6 Å². The van der Waals surface area contributed by atoms with E-state index in [0.29, 0.717) is 51.5 Å². The molecule has 0 aliphatic carbocycles. The smallest absolute Gasteiger partial charge is 0.256 e. The van der Waals surface area contributed by atoms with Crippen LogP contribution >= 0.6 is 11.6 Å². The molecule has 1 aliphatic rings. The summed E-state index contributed by atoms with van der Waals surface area (Å²) in [6.45, 7) is 2.64. The lowest BCUT2D eigenvalue weighted by molar-refractivity contribution is 0.102. The zero-order valence-corrected chi connectivity index (χ0v) is 22.9. The summed E-state index contributed by atoms with van der Waals surface area (Å²) in [5.41, 5.74) is 1.83. The summed E-state index contributed by atoms with van der Waals surface area (Å²) in [4.78, 5) is 28.0. The third-order valence-electron chi connectivity index (χ3n) is 6.83. The molecule has 0 bridgehead atoms. The molecule has 3 heterocycles. The fourth-order valence-electron chi connectivity index (χ4n) is 4.78. The molecule has 0 radical (unpaired) electrons. The average molecular weight is 563 g/mol. The maximum Gasteiger partial charge on any atom is 0.256 e. The Balaban J connectivity index is 1.24. The Morgan fingerprint density at radius 3 is 2.83 bits per heavy atom. The number of pyridine rings is 1. The number of ether oxygens (including phenoxy) is 2. The summed E-state index contributed by atoms with van der Waals surface area (Å²) in [6, 6.07) is 14.2. The molecular weight excluding hydrogens is 532 g/mol. The van der Waals surface area contributed by atoms with E-state index in [1.54, 1.807) is 49.7 Å². The first-order chi connectivity index (χ1) is 19.5. The fourth-order valence-corrected chi connectivity index (χ4v) is 4.97. The largest absolute Gasteiger partial charge is 0.493 e. The molecule has 0 spiro atoms. The van der Waals surface area contributed by atoms with Crippen LogP contribution in [0.4, 0.5) is 17.3 Å². The van der Waals surface area contributed by atoms with Gasteiger partial charge in [-0.05, 0) is 62.2 Å². The van der Waals surface area contributed by atoms with E-state index in [1.807, 2.05) is 12.1 Å². The predicted molar refractivity (Wildman–Crippen MR) is 155 cm³/mol. The van der Waals surface area contributed by atoms with Gasteiger partial charge in [0.15, 0.2) is 11.5 Å². The van der Waals surface area contributed by atoms with Gasteiger partial charge in [0.05, 0.1) is 37.7 Å². The van der Waals surface area contributed by atoms with E-state index in [2.05, 4.69) is 30.5 Å². The molecule has 5 rings (SSSR count). The number of fused-ring (bicyclic) bond motifs is 1. The van der Waals surface area contributed by atoms with Crippen molar-refractivity contribution in [2.24, 2.45) is 0 Å². The molecule has 1 fully saturated rings. The van der Waals surface area contributed by atoms with Crippen LogP contribution in [0.1, 0.15) is 29.6 Å². The van der Waals surface area contributed by atoms with Crippen LogP contribution in [0.5, 0.6) is 11.5 Å². The Hall–Kier alpha value is -3.99. The summed E-state index contributed by atoms with van der Waals surface area (Å²) in [5.74, 6) is 1.88. The first-order valence-electron chi connectivity index (χ1n) is 13.1. The topological polar surface area (TPSA) is 122 Å². The third-order valence-corrected chi connectivity index (χ3v) is 7.07. The molecule has 1 amide bonds. The van der Waals surface area contributed by atoms with Crippen LogP contribution in [-0.4, -0.2) is 70.3 Å². The van der Waals surface area contributed by atoms with Crippen molar-refractivity contribution in [3.8, 4) is 11.5 Å². The molecule has 208 valence electrons. The minimum atomic E-state index is -0.298. The first kappa shape index (κ1) is 27.6. The van der Waals surface area contributed by atoms with Gasteiger partial charge in [0.2, 0.25) is 0 Å². The van der Waals surface area contributed by atoms with Crippen LogP contribution < -0.4 is 20.1 Å². The second-order valence-corrected chi connectivity index (χ2v) is 9.92. The molecule has 1 aliphatic heterocycles. The maximum atomic E-state index is 12.5. The molecule has 2 aromatic heterocycles. The number of likely N-dealkylation sites (tertiary alicyclic amines) is 1. The van der Waals surface area contributed by atoms with E-state index < -0.39 is 0 Å². The molecule has 1 saturated heterocycles. The van der Waals surface area contributed by atoms with E-state index in [1.165, 1.54) is 6.33 Å². The number of hydrogen-bond donors (Lipinski definition) is 3. The Kier molecular flexibility index (Phi) is 8.90. The molecular formula is C29H31ClN6O4. The summed E-state index contributed by atoms with van der Waals surface area (Å²) >= 11 is 5.98. The highest BCUT2D eigenvalue weighted by Crippen LogP contribution is 2.35. The number of benzene rings is 2. The summed E-state index contributed by atoms with van der Waals surface area (Å²) in [5, 5.41) is 16.8. The van der Waals surface area contributed by atoms with Crippen LogP contribution in [0, 0.1) is 0 Å². The van der Waals surface area contributed by atoms with Crippen molar-refractivity contribution in [2.75, 3.05) is 44.0 Å². The van der Waals surface area contributed by atoms with Gasteiger partial charge >= 0.3 is 0 Å². The molecule has 11 heteroatoms. The minimum Gasteiger partial charge on any atom is -0.493 e. The molecule has 1 atom stereocenters. The van der Waals surface area contributed by atoms with E-state index in [9.17, 15) is 9.90 Å². The normalized spacial score (nSPS) is 15.2. The molecule has 10 nitrogen and oxygen atoms in total. The third kappa shape index (κ3) is 6.59. The fraction of sp³-hybridized carbons (Fsp3) is 0.310. The SMILES string of the molecule is COc1cc2c(Nc3ccc(NC(=O)c4cccc(Cl)c4)nc3)ncnc2cc1OCCCN1CCC[C@H]1CO. The van der Waals surface area contributed by atoms with Gasteiger partial charge < -0.3 is 25.2 Å². The van der Waals surface area contributed by atoms with Gasteiger partial charge in [-0.1, -0.05) is 17.7 Å². The number of amides is 1. The quantitative estimate of drug-likeness (QED) is 0.219. The number of rotatable bonds is 11. The zero-order chi connectivity index (χ0) is 27.9. The lowest BCUT2D eigenvalue weighted by Crippen LogP contribution is -2.33. The highest BCUT2D eigenvalue weighted by molar-refractivity contribution is 6.31.